The quantitative estimate of drug-likeness (QED) is 0.419. The number of hydrogen-bond acceptors (Lipinski definition) is 4. The summed E-state index contributed by atoms with van der Waals surface area (Å²) < 4.78 is 5.77. The van der Waals surface area contributed by atoms with Crippen molar-refractivity contribution in [1.29, 1.82) is 0 Å². The number of carbonyl (C=O) groups is 3. The molecule has 0 unspecified atom stereocenters. The van der Waals surface area contributed by atoms with Gasteiger partial charge in [0.1, 0.15) is 17.9 Å². The Bertz CT molecular complexity index is 1280. The van der Waals surface area contributed by atoms with E-state index in [1.54, 1.807) is 42.5 Å². The summed E-state index contributed by atoms with van der Waals surface area (Å²) in [5.41, 5.74) is 3.61. The predicted molar refractivity (Wildman–Crippen MR) is 127 cm³/mol. The molecule has 4 amide bonds. The van der Waals surface area contributed by atoms with Gasteiger partial charge in [-0.3, -0.25) is 14.9 Å². The minimum absolute atomic E-state index is 0.122. The van der Waals surface area contributed by atoms with E-state index in [4.69, 9.17) is 16.3 Å². The SMILES string of the molecule is Cc1cccc(N2C(=O)NC(=O)/C(=C\c3ccc(OCc4cccc(Cl)c4)cc3)C2=O)c1C. The lowest BCUT2D eigenvalue weighted by atomic mass is 10.0. The smallest absolute Gasteiger partial charge is 0.335 e. The zero-order valence-corrected chi connectivity index (χ0v) is 18.8. The van der Waals surface area contributed by atoms with Crippen molar-refractivity contribution >= 4 is 41.2 Å². The topological polar surface area (TPSA) is 75.7 Å². The molecule has 0 spiro atoms. The predicted octanol–water partition coefficient (Wildman–Crippen LogP) is 5.20. The molecule has 0 radical (unpaired) electrons. The molecule has 0 bridgehead atoms. The number of aryl methyl sites for hydroxylation is 1. The van der Waals surface area contributed by atoms with Crippen LogP contribution in [-0.4, -0.2) is 17.8 Å². The van der Waals surface area contributed by atoms with E-state index in [9.17, 15) is 14.4 Å². The lowest BCUT2D eigenvalue weighted by Crippen LogP contribution is -2.54. The van der Waals surface area contributed by atoms with Crippen LogP contribution >= 0.6 is 11.6 Å². The average Bonchev–Trinajstić information content (AvgIpc) is 2.79. The lowest BCUT2D eigenvalue weighted by molar-refractivity contribution is -0.122. The number of nitrogens with zero attached hydrogens (tertiary/aromatic N) is 1. The first-order valence-corrected chi connectivity index (χ1v) is 10.7. The van der Waals surface area contributed by atoms with Gasteiger partial charge in [-0.25, -0.2) is 9.69 Å². The molecule has 1 fully saturated rings. The number of halogens is 1. The summed E-state index contributed by atoms with van der Waals surface area (Å²) in [6.07, 6.45) is 1.46. The molecule has 0 atom stereocenters. The molecule has 0 aromatic heterocycles. The molecule has 6 nitrogen and oxygen atoms in total. The fourth-order valence-corrected chi connectivity index (χ4v) is 3.69. The average molecular weight is 461 g/mol. The number of amides is 4. The summed E-state index contributed by atoms with van der Waals surface area (Å²) in [5.74, 6) is -0.768. The summed E-state index contributed by atoms with van der Waals surface area (Å²) >= 11 is 5.99. The normalized spacial score (nSPS) is 15.1. The fraction of sp³-hybridized carbons (Fsp3) is 0.115. The number of anilines is 1. The molecule has 1 heterocycles. The van der Waals surface area contributed by atoms with Crippen LogP contribution < -0.4 is 15.0 Å². The van der Waals surface area contributed by atoms with Gasteiger partial charge in [-0.2, -0.15) is 0 Å². The molecule has 1 aliphatic heterocycles. The maximum absolute atomic E-state index is 13.1. The molecular weight excluding hydrogens is 440 g/mol. The second-order valence-electron chi connectivity index (χ2n) is 7.66. The number of urea groups is 1. The maximum atomic E-state index is 13.1. The third kappa shape index (κ3) is 4.81. The van der Waals surface area contributed by atoms with Gasteiger partial charge >= 0.3 is 6.03 Å². The molecule has 3 aromatic carbocycles. The summed E-state index contributed by atoms with van der Waals surface area (Å²) in [4.78, 5) is 39.0. The fourth-order valence-electron chi connectivity index (χ4n) is 3.47. The Labute approximate surface area is 196 Å². The van der Waals surface area contributed by atoms with Crippen molar-refractivity contribution < 1.29 is 19.1 Å². The summed E-state index contributed by atoms with van der Waals surface area (Å²) in [6.45, 7) is 4.07. The first-order chi connectivity index (χ1) is 15.8. The Morgan fingerprint density at radius 1 is 0.970 bits per heavy atom. The van der Waals surface area contributed by atoms with Gasteiger partial charge in [0.15, 0.2) is 0 Å². The van der Waals surface area contributed by atoms with Crippen molar-refractivity contribution in [2.45, 2.75) is 20.5 Å². The van der Waals surface area contributed by atoms with E-state index < -0.39 is 17.8 Å². The maximum Gasteiger partial charge on any atom is 0.335 e. The van der Waals surface area contributed by atoms with Gasteiger partial charge in [-0.1, -0.05) is 48.0 Å². The van der Waals surface area contributed by atoms with E-state index in [1.165, 1.54) is 6.08 Å². The van der Waals surface area contributed by atoms with Crippen LogP contribution in [0.25, 0.3) is 6.08 Å². The molecule has 4 rings (SSSR count). The second-order valence-corrected chi connectivity index (χ2v) is 8.10. The molecule has 0 aliphatic carbocycles. The van der Waals surface area contributed by atoms with Gasteiger partial charge in [0, 0.05) is 5.02 Å². The monoisotopic (exact) mass is 460 g/mol. The largest absolute Gasteiger partial charge is 0.489 e. The van der Waals surface area contributed by atoms with Crippen LogP contribution in [0.5, 0.6) is 5.75 Å². The van der Waals surface area contributed by atoms with Crippen LogP contribution in [0.3, 0.4) is 0 Å². The minimum Gasteiger partial charge on any atom is -0.489 e. The Balaban J connectivity index is 1.54. The number of barbiturate groups is 1. The highest BCUT2D eigenvalue weighted by molar-refractivity contribution is 6.39. The zero-order chi connectivity index (χ0) is 23.5. The van der Waals surface area contributed by atoms with Crippen LogP contribution in [0, 0.1) is 13.8 Å². The molecule has 0 saturated carbocycles. The van der Waals surface area contributed by atoms with E-state index in [1.807, 2.05) is 38.1 Å². The highest BCUT2D eigenvalue weighted by atomic mass is 35.5. The zero-order valence-electron chi connectivity index (χ0n) is 18.1. The molecular formula is C26H21ClN2O4. The molecule has 166 valence electrons. The van der Waals surface area contributed by atoms with Crippen LogP contribution in [0.2, 0.25) is 5.02 Å². The molecule has 1 aliphatic rings. The number of hydrogen-bond donors (Lipinski definition) is 1. The van der Waals surface area contributed by atoms with Gasteiger partial charge in [-0.05, 0) is 72.5 Å². The lowest BCUT2D eigenvalue weighted by Gasteiger charge is -2.28. The van der Waals surface area contributed by atoms with Crippen LogP contribution in [0.15, 0.2) is 72.3 Å². The minimum atomic E-state index is -0.763. The summed E-state index contributed by atoms with van der Waals surface area (Å²) in [6, 6.07) is 18.9. The van der Waals surface area contributed by atoms with Gasteiger partial charge in [0.05, 0.1) is 5.69 Å². The van der Waals surface area contributed by atoms with E-state index in [0.29, 0.717) is 28.6 Å². The van der Waals surface area contributed by atoms with E-state index in [2.05, 4.69) is 5.32 Å². The number of ether oxygens (including phenoxy) is 1. The highest BCUT2D eigenvalue weighted by Gasteiger charge is 2.37. The van der Waals surface area contributed by atoms with Crippen molar-refractivity contribution in [2.24, 2.45) is 0 Å². The van der Waals surface area contributed by atoms with E-state index in [-0.39, 0.29) is 5.57 Å². The molecule has 1 saturated heterocycles. The van der Waals surface area contributed by atoms with Crippen molar-refractivity contribution in [3.8, 4) is 5.75 Å². The van der Waals surface area contributed by atoms with Gasteiger partial charge in [0.25, 0.3) is 11.8 Å². The van der Waals surface area contributed by atoms with Crippen LogP contribution in [0.4, 0.5) is 10.5 Å². The first kappa shape index (κ1) is 22.3. The van der Waals surface area contributed by atoms with Crippen molar-refractivity contribution in [1.82, 2.24) is 5.32 Å². The number of benzene rings is 3. The first-order valence-electron chi connectivity index (χ1n) is 10.3. The highest BCUT2D eigenvalue weighted by Crippen LogP contribution is 2.27. The number of imide groups is 2. The third-order valence-electron chi connectivity index (χ3n) is 5.40. The number of nitrogens with one attached hydrogen (secondary N) is 1. The summed E-state index contributed by atoms with van der Waals surface area (Å²) in [5, 5.41) is 2.89. The Morgan fingerprint density at radius 3 is 2.42 bits per heavy atom. The Kier molecular flexibility index (Phi) is 6.29. The van der Waals surface area contributed by atoms with E-state index >= 15 is 0 Å². The van der Waals surface area contributed by atoms with Crippen LogP contribution in [-0.2, 0) is 16.2 Å². The molecule has 1 N–H and O–H groups in total. The van der Waals surface area contributed by atoms with Gasteiger partial charge in [0.2, 0.25) is 0 Å². The van der Waals surface area contributed by atoms with Crippen molar-refractivity contribution in [3.63, 3.8) is 0 Å². The summed E-state index contributed by atoms with van der Waals surface area (Å²) in [7, 11) is 0. The standard InChI is InChI=1S/C26H21ClN2O4/c1-16-5-3-8-23(17(16)2)29-25(31)22(24(30)28-26(29)32)14-18-9-11-21(12-10-18)33-15-19-6-4-7-20(27)13-19/h3-14H,15H2,1-2H3,(H,28,30,32)/b22-14+. The van der Waals surface area contributed by atoms with Crippen molar-refractivity contribution in [2.75, 3.05) is 4.90 Å². The van der Waals surface area contributed by atoms with Gasteiger partial charge < -0.3 is 4.74 Å². The van der Waals surface area contributed by atoms with Gasteiger partial charge in [-0.15, -0.1) is 0 Å². The van der Waals surface area contributed by atoms with E-state index in [0.717, 1.165) is 21.6 Å². The Hall–Kier alpha value is -3.90. The second kappa shape index (κ2) is 9.30. The van der Waals surface area contributed by atoms with Crippen molar-refractivity contribution in [3.05, 3.63) is 99.6 Å². The third-order valence-corrected chi connectivity index (χ3v) is 5.64. The number of rotatable bonds is 5. The van der Waals surface area contributed by atoms with Crippen LogP contribution in [0.1, 0.15) is 22.3 Å². The molecule has 7 heteroatoms. The molecule has 3 aromatic rings. The number of carbonyl (C=O) groups excluding carboxylic acids is 3. The molecule has 33 heavy (non-hydrogen) atoms. The Morgan fingerprint density at radius 2 is 1.70 bits per heavy atom.